The maximum Gasteiger partial charge on any atom is 0.207 e. The minimum atomic E-state index is -0.929. The highest BCUT2D eigenvalue weighted by molar-refractivity contribution is 7.97. The molecule has 0 spiro atoms. The first-order chi connectivity index (χ1) is 5.79. The Kier molecular flexibility index (Phi) is 2.32. The van der Waals surface area contributed by atoms with Crippen LogP contribution in [0.5, 0.6) is 0 Å². The van der Waals surface area contributed by atoms with Crippen LogP contribution in [0.1, 0.15) is 0 Å². The molecule has 0 amide bonds. The van der Waals surface area contributed by atoms with Crippen LogP contribution in [0.15, 0.2) is 34.1 Å². The van der Waals surface area contributed by atoms with E-state index in [1.165, 1.54) is 0 Å². The van der Waals surface area contributed by atoms with E-state index in [4.69, 9.17) is 0 Å². The van der Waals surface area contributed by atoms with Crippen LogP contribution in [-0.2, 0) is 22.4 Å². The van der Waals surface area contributed by atoms with Crippen LogP contribution in [0.4, 0.5) is 0 Å². The molecular weight excluding hydrogens is 192 g/mol. The van der Waals surface area contributed by atoms with E-state index < -0.39 is 22.4 Å². The van der Waals surface area contributed by atoms with Crippen molar-refractivity contribution in [1.82, 2.24) is 0 Å². The highest BCUT2D eigenvalue weighted by Crippen LogP contribution is 2.27. The molecule has 1 aliphatic rings. The monoisotopic (exact) mass is 200 g/mol. The van der Waals surface area contributed by atoms with E-state index in [1.807, 2.05) is 12.1 Å². The zero-order valence-electron chi connectivity index (χ0n) is 6.36. The maximum atomic E-state index is 11.4. The van der Waals surface area contributed by atoms with Crippen LogP contribution in [-0.4, -0.2) is 20.6 Å². The van der Waals surface area contributed by atoms with Gasteiger partial charge >= 0.3 is 0 Å². The molecule has 12 heavy (non-hydrogen) atoms. The molecule has 2 atom stereocenters. The van der Waals surface area contributed by atoms with Gasteiger partial charge in [-0.1, -0.05) is 12.1 Å². The third-order valence-corrected chi connectivity index (χ3v) is 5.02. The molecule has 2 rings (SSSR count). The van der Waals surface area contributed by atoms with E-state index in [0.717, 1.165) is 9.79 Å². The number of hydrogen-bond donors (Lipinski definition) is 0. The molecule has 0 aromatic heterocycles. The third kappa shape index (κ3) is 1.35. The predicted octanol–water partition coefficient (Wildman–Crippen LogP) is 0.915. The molecule has 2 nitrogen and oxygen atoms in total. The van der Waals surface area contributed by atoms with Gasteiger partial charge in [0.1, 0.15) is 0 Å². The van der Waals surface area contributed by atoms with E-state index in [1.54, 1.807) is 12.1 Å². The van der Waals surface area contributed by atoms with Crippen molar-refractivity contribution in [2.45, 2.75) is 9.79 Å². The summed E-state index contributed by atoms with van der Waals surface area (Å²) in [5.74, 6) is 1.06. The highest BCUT2D eigenvalue weighted by Gasteiger charge is 2.31. The molecule has 0 fully saturated rings. The quantitative estimate of drug-likeness (QED) is 0.584. The van der Waals surface area contributed by atoms with E-state index in [-0.39, 0.29) is 0 Å². The molecule has 0 bridgehead atoms. The SMILES string of the molecule is [O-][S+]1CC[S+]([O-])c2ccccc21. The van der Waals surface area contributed by atoms with Gasteiger partial charge in [-0.05, 0) is 34.5 Å². The van der Waals surface area contributed by atoms with Crippen LogP contribution in [0, 0.1) is 0 Å². The lowest BCUT2D eigenvalue weighted by Crippen LogP contribution is -2.25. The van der Waals surface area contributed by atoms with Crippen molar-refractivity contribution in [3.8, 4) is 0 Å². The Morgan fingerprint density at radius 3 is 1.75 bits per heavy atom. The van der Waals surface area contributed by atoms with E-state index in [0.29, 0.717) is 11.5 Å². The summed E-state index contributed by atoms with van der Waals surface area (Å²) in [6.07, 6.45) is 0. The lowest BCUT2D eigenvalue weighted by atomic mass is 10.4. The van der Waals surface area contributed by atoms with Gasteiger partial charge in [0.15, 0.2) is 11.5 Å². The van der Waals surface area contributed by atoms with Crippen LogP contribution >= 0.6 is 0 Å². The molecule has 1 aromatic rings. The van der Waals surface area contributed by atoms with Crippen molar-refractivity contribution in [1.29, 1.82) is 0 Å². The van der Waals surface area contributed by atoms with E-state index in [9.17, 15) is 9.11 Å². The zero-order valence-corrected chi connectivity index (χ0v) is 7.99. The number of fused-ring (bicyclic) bond motifs is 1. The average molecular weight is 200 g/mol. The first-order valence-corrected chi connectivity index (χ1v) is 6.28. The molecule has 1 aromatic carbocycles. The Hall–Kier alpha value is -0.160. The summed E-state index contributed by atoms with van der Waals surface area (Å²) in [6, 6.07) is 7.25. The molecule has 0 N–H and O–H groups in total. The molecule has 0 radical (unpaired) electrons. The average Bonchev–Trinajstić information content (AvgIpc) is 2.12. The summed E-state index contributed by atoms with van der Waals surface area (Å²) < 4.78 is 22.8. The van der Waals surface area contributed by atoms with Crippen molar-refractivity contribution in [2.75, 3.05) is 11.5 Å². The summed E-state index contributed by atoms with van der Waals surface area (Å²) >= 11 is -1.86. The Morgan fingerprint density at radius 2 is 1.33 bits per heavy atom. The van der Waals surface area contributed by atoms with Crippen molar-refractivity contribution < 1.29 is 9.11 Å². The van der Waals surface area contributed by atoms with Crippen LogP contribution < -0.4 is 0 Å². The van der Waals surface area contributed by atoms with Gasteiger partial charge in [-0.2, -0.15) is 0 Å². The molecule has 1 aliphatic heterocycles. The molecule has 64 valence electrons. The van der Waals surface area contributed by atoms with Crippen molar-refractivity contribution in [2.24, 2.45) is 0 Å². The summed E-state index contributed by atoms with van der Waals surface area (Å²) in [6.45, 7) is 0. The van der Waals surface area contributed by atoms with Gasteiger partial charge in [0.25, 0.3) is 0 Å². The van der Waals surface area contributed by atoms with E-state index in [2.05, 4.69) is 0 Å². The van der Waals surface area contributed by atoms with Gasteiger partial charge in [-0.15, -0.1) is 0 Å². The van der Waals surface area contributed by atoms with Gasteiger partial charge in [-0.25, -0.2) is 0 Å². The van der Waals surface area contributed by atoms with Crippen molar-refractivity contribution in [3.63, 3.8) is 0 Å². The number of benzene rings is 1. The fourth-order valence-electron chi connectivity index (χ4n) is 1.20. The molecule has 0 saturated heterocycles. The van der Waals surface area contributed by atoms with Crippen LogP contribution in [0.25, 0.3) is 0 Å². The number of rotatable bonds is 0. The largest absolute Gasteiger partial charge is 0.611 e. The predicted molar refractivity (Wildman–Crippen MR) is 49.0 cm³/mol. The normalized spacial score (nSPS) is 28.2. The summed E-state index contributed by atoms with van der Waals surface area (Å²) in [7, 11) is 0. The minimum Gasteiger partial charge on any atom is -0.611 e. The lowest BCUT2D eigenvalue weighted by molar-refractivity contribution is 0.575. The van der Waals surface area contributed by atoms with Crippen molar-refractivity contribution >= 4 is 22.4 Å². The van der Waals surface area contributed by atoms with Crippen LogP contribution in [0.2, 0.25) is 0 Å². The Labute approximate surface area is 77.3 Å². The smallest absolute Gasteiger partial charge is 0.207 e. The Balaban J connectivity index is 2.47. The topological polar surface area (TPSA) is 46.1 Å². The van der Waals surface area contributed by atoms with Gasteiger partial charge < -0.3 is 9.11 Å². The first-order valence-electron chi connectivity index (χ1n) is 3.65. The fraction of sp³-hybridized carbons (Fsp3) is 0.250. The minimum absolute atomic E-state index is 0.531. The maximum absolute atomic E-state index is 11.4. The van der Waals surface area contributed by atoms with Crippen molar-refractivity contribution in [3.05, 3.63) is 24.3 Å². The van der Waals surface area contributed by atoms with Gasteiger partial charge in [0, 0.05) is 0 Å². The molecular formula is C8H8O2S2. The second-order valence-electron chi connectivity index (χ2n) is 2.55. The first kappa shape index (κ1) is 8.44. The Morgan fingerprint density at radius 1 is 0.917 bits per heavy atom. The summed E-state index contributed by atoms with van der Waals surface area (Å²) in [4.78, 5) is 1.50. The van der Waals surface area contributed by atoms with Gasteiger partial charge in [0.2, 0.25) is 9.79 Å². The standard InChI is InChI=1S/C8H8O2S2/c9-11-5-6-12(10)8-4-2-1-3-7(8)11/h1-4H,5-6H2. The van der Waals surface area contributed by atoms with Gasteiger partial charge in [-0.3, -0.25) is 0 Å². The second-order valence-corrected chi connectivity index (χ2v) is 5.62. The highest BCUT2D eigenvalue weighted by atomic mass is 32.2. The Bertz CT molecular complexity index is 261. The molecule has 1 heterocycles. The van der Waals surface area contributed by atoms with Crippen LogP contribution in [0.3, 0.4) is 0 Å². The summed E-state index contributed by atoms with van der Waals surface area (Å²) in [5, 5.41) is 0. The molecule has 2 unspecified atom stereocenters. The van der Waals surface area contributed by atoms with Gasteiger partial charge in [0.05, 0.1) is 0 Å². The lowest BCUT2D eigenvalue weighted by Gasteiger charge is -2.20. The molecule has 4 heteroatoms. The third-order valence-electron chi connectivity index (χ3n) is 1.79. The zero-order chi connectivity index (χ0) is 8.55. The molecule has 0 aliphatic carbocycles. The summed E-state index contributed by atoms with van der Waals surface area (Å²) in [5.41, 5.74) is 0. The molecule has 0 saturated carbocycles. The second kappa shape index (κ2) is 3.30. The fourth-order valence-corrected chi connectivity index (χ4v) is 4.45. The van der Waals surface area contributed by atoms with E-state index >= 15 is 0 Å². The number of hydrogen-bond acceptors (Lipinski definition) is 2.